The third-order valence-corrected chi connectivity index (χ3v) is 5.24. The van der Waals surface area contributed by atoms with E-state index < -0.39 is 10.0 Å². The molecule has 2 rings (SSSR count). The second kappa shape index (κ2) is 5.18. The number of aromatic hydroxyl groups is 1. The van der Waals surface area contributed by atoms with E-state index in [1.807, 2.05) is 0 Å². The maximum atomic E-state index is 12.3. The Kier molecular flexibility index (Phi) is 3.77. The van der Waals surface area contributed by atoms with Crippen molar-refractivity contribution in [3.8, 4) is 5.75 Å². The molecule has 6 nitrogen and oxygen atoms in total. The molecule has 0 atom stereocenters. The Hall–Kier alpha value is -1.60. The molecule has 1 aromatic rings. The van der Waals surface area contributed by atoms with Gasteiger partial charge in [0.15, 0.2) is 0 Å². The average Bonchev–Trinajstić information content (AvgIpc) is 2.39. The molecule has 0 radical (unpaired) electrons. The molecule has 1 heterocycles. The summed E-state index contributed by atoms with van der Waals surface area (Å²) in [5, 5.41) is 9.17. The topological polar surface area (TPSA) is 101 Å². The molecule has 1 aromatic carbocycles. The van der Waals surface area contributed by atoms with Crippen LogP contribution in [0.4, 0.5) is 0 Å². The lowest BCUT2D eigenvalue weighted by Crippen LogP contribution is -2.41. The molecule has 7 heteroatoms. The number of rotatable bonds is 3. The molecule has 1 fully saturated rings. The third-order valence-electron chi connectivity index (χ3n) is 3.33. The lowest BCUT2D eigenvalue weighted by molar-refractivity contribution is -0.122. The van der Waals surface area contributed by atoms with Crippen molar-refractivity contribution in [1.82, 2.24) is 4.31 Å². The lowest BCUT2D eigenvalue weighted by Gasteiger charge is -2.29. The highest BCUT2D eigenvalue weighted by atomic mass is 32.2. The molecule has 1 aliphatic rings. The zero-order valence-corrected chi connectivity index (χ0v) is 11.1. The fraction of sp³-hybridized carbons (Fsp3) is 0.417. The maximum Gasteiger partial charge on any atom is 0.243 e. The number of phenolic OH excluding ortho intramolecular Hbond substituents is 1. The van der Waals surface area contributed by atoms with Crippen molar-refractivity contribution < 1.29 is 18.3 Å². The Bertz CT molecular complexity index is 560. The molecule has 0 saturated carbocycles. The smallest absolute Gasteiger partial charge is 0.243 e. The largest absolute Gasteiger partial charge is 0.508 e. The monoisotopic (exact) mass is 284 g/mol. The van der Waals surface area contributed by atoms with E-state index in [1.165, 1.54) is 28.6 Å². The average molecular weight is 284 g/mol. The first-order valence-electron chi connectivity index (χ1n) is 6.00. The van der Waals surface area contributed by atoms with Gasteiger partial charge in [0.05, 0.1) is 4.90 Å². The van der Waals surface area contributed by atoms with E-state index in [-0.39, 0.29) is 35.6 Å². The Morgan fingerprint density at radius 1 is 1.21 bits per heavy atom. The van der Waals surface area contributed by atoms with Gasteiger partial charge < -0.3 is 10.8 Å². The van der Waals surface area contributed by atoms with Gasteiger partial charge in [0.1, 0.15) is 5.75 Å². The first-order valence-corrected chi connectivity index (χ1v) is 7.44. The number of benzene rings is 1. The van der Waals surface area contributed by atoms with Crippen LogP contribution in [0.25, 0.3) is 0 Å². The summed E-state index contributed by atoms with van der Waals surface area (Å²) in [5.41, 5.74) is 5.21. The zero-order chi connectivity index (χ0) is 14.0. The second-order valence-corrected chi connectivity index (χ2v) is 6.51. The van der Waals surface area contributed by atoms with Crippen molar-refractivity contribution in [2.24, 2.45) is 11.7 Å². The minimum atomic E-state index is -3.56. The lowest BCUT2D eigenvalue weighted by atomic mass is 9.98. The molecule has 104 valence electrons. The highest BCUT2D eigenvalue weighted by molar-refractivity contribution is 7.89. The van der Waals surface area contributed by atoms with Crippen LogP contribution < -0.4 is 5.73 Å². The highest BCUT2D eigenvalue weighted by Gasteiger charge is 2.31. The molecular formula is C12H16N2O4S. The number of hydrogen-bond acceptors (Lipinski definition) is 4. The molecule has 0 aromatic heterocycles. The van der Waals surface area contributed by atoms with E-state index in [4.69, 9.17) is 10.8 Å². The molecule has 0 unspecified atom stereocenters. The van der Waals surface area contributed by atoms with Crippen LogP contribution in [0, 0.1) is 5.92 Å². The summed E-state index contributed by atoms with van der Waals surface area (Å²) in [4.78, 5) is 11.2. The summed E-state index contributed by atoms with van der Waals surface area (Å²) in [6, 6.07) is 5.40. The van der Waals surface area contributed by atoms with Gasteiger partial charge in [0.25, 0.3) is 0 Å². The van der Waals surface area contributed by atoms with Crippen LogP contribution in [0.15, 0.2) is 29.2 Å². The number of carbonyl (C=O) groups excluding carboxylic acids is 1. The van der Waals surface area contributed by atoms with Crippen LogP contribution in [-0.4, -0.2) is 36.8 Å². The van der Waals surface area contributed by atoms with E-state index >= 15 is 0 Å². The van der Waals surface area contributed by atoms with Crippen molar-refractivity contribution in [3.63, 3.8) is 0 Å². The number of nitrogens with two attached hydrogens (primary N) is 1. The van der Waals surface area contributed by atoms with Crippen LogP contribution in [0.5, 0.6) is 5.75 Å². The number of sulfonamides is 1. The van der Waals surface area contributed by atoms with E-state index in [1.54, 1.807) is 0 Å². The normalized spacial score (nSPS) is 18.3. The minimum absolute atomic E-state index is 0.0198. The van der Waals surface area contributed by atoms with Crippen LogP contribution in [0.3, 0.4) is 0 Å². The van der Waals surface area contributed by atoms with Crippen LogP contribution >= 0.6 is 0 Å². The summed E-state index contributed by atoms with van der Waals surface area (Å²) in [6.45, 7) is 0.577. The summed E-state index contributed by atoms with van der Waals surface area (Å²) in [5.74, 6) is -0.598. The quantitative estimate of drug-likeness (QED) is 0.832. The number of phenols is 1. The Labute approximate surface area is 111 Å². The molecular weight excluding hydrogens is 268 g/mol. The van der Waals surface area contributed by atoms with Gasteiger partial charge in [-0.3, -0.25) is 4.79 Å². The third kappa shape index (κ3) is 2.87. The molecule has 1 saturated heterocycles. The Balaban J connectivity index is 2.14. The van der Waals surface area contributed by atoms with E-state index in [0.717, 1.165) is 0 Å². The van der Waals surface area contributed by atoms with E-state index in [0.29, 0.717) is 12.8 Å². The molecule has 0 bridgehead atoms. The predicted octanol–water partition coefficient (Wildman–Crippen LogP) is 0.278. The number of piperidine rings is 1. The molecule has 1 aliphatic heterocycles. The predicted molar refractivity (Wildman–Crippen MR) is 68.8 cm³/mol. The van der Waals surface area contributed by atoms with Gasteiger partial charge in [-0.15, -0.1) is 0 Å². The SMILES string of the molecule is NC(=O)C1CCN(S(=O)(=O)c2ccc(O)cc2)CC1. The Morgan fingerprint density at radius 2 is 1.74 bits per heavy atom. The standard InChI is InChI=1S/C12H16N2O4S/c13-12(16)9-5-7-14(8-6-9)19(17,18)11-3-1-10(15)2-4-11/h1-4,9,15H,5-8H2,(H2,13,16). The van der Waals surface area contributed by atoms with E-state index in [9.17, 15) is 13.2 Å². The van der Waals surface area contributed by atoms with Gasteiger partial charge in [0, 0.05) is 19.0 Å². The molecule has 19 heavy (non-hydrogen) atoms. The van der Waals surface area contributed by atoms with Gasteiger partial charge >= 0.3 is 0 Å². The minimum Gasteiger partial charge on any atom is -0.508 e. The van der Waals surface area contributed by atoms with Crippen molar-refractivity contribution in [3.05, 3.63) is 24.3 Å². The van der Waals surface area contributed by atoms with E-state index in [2.05, 4.69) is 0 Å². The molecule has 3 N–H and O–H groups in total. The van der Waals surface area contributed by atoms with Gasteiger partial charge in [0.2, 0.25) is 15.9 Å². The number of carbonyl (C=O) groups is 1. The number of primary amides is 1. The van der Waals surface area contributed by atoms with Crippen molar-refractivity contribution in [1.29, 1.82) is 0 Å². The summed E-state index contributed by atoms with van der Waals surface area (Å²) in [6.07, 6.45) is 0.902. The number of nitrogens with zero attached hydrogens (tertiary/aromatic N) is 1. The number of hydrogen-bond donors (Lipinski definition) is 2. The van der Waals surface area contributed by atoms with Gasteiger partial charge in [-0.05, 0) is 37.1 Å². The summed E-state index contributed by atoms with van der Waals surface area (Å²) < 4.78 is 26.0. The van der Waals surface area contributed by atoms with Crippen LogP contribution in [0.2, 0.25) is 0 Å². The van der Waals surface area contributed by atoms with Gasteiger partial charge in [-0.25, -0.2) is 8.42 Å². The first-order chi connectivity index (χ1) is 8.91. The fourth-order valence-electron chi connectivity index (χ4n) is 2.15. The molecule has 1 amide bonds. The summed E-state index contributed by atoms with van der Waals surface area (Å²) >= 11 is 0. The maximum absolute atomic E-state index is 12.3. The second-order valence-electron chi connectivity index (χ2n) is 4.57. The molecule has 0 aliphatic carbocycles. The van der Waals surface area contributed by atoms with Crippen molar-refractivity contribution >= 4 is 15.9 Å². The van der Waals surface area contributed by atoms with Gasteiger partial charge in [-0.2, -0.15) is 4.31 Å². The number of amides is 1. The summed E-state index contributed by atoms with van der Waals surface area (Å²) in [7, 11) is -3.56. The fourth-order valence-corrected chi connectivity index (χ4v) is 3.62. The van der Waals surface area contributed by atoms with Gasteiger partial charge in [-0.1, -0.05) is 0 Å². The van der Waals surface area contributed by atoms with Crippen molar-refractivity contribution in [2.45, 2.75) is 17.7 Å². The first kappa shape index (κ1) is 13.8. The van der Waals surface area contributed by atoms with Crippen LogP contribution in [-0.2, 0) is 14.8 Å². The van der Waals surface area contributed by atoms with Crippen LogP contribution in [0.1, 0.15) is 12.8 Å². The molecule has 0 spiro atoms. The highest BCUT2D eigenvalue weighted by Crippen LogP contribution is 2.24. The zero-order valence-electron chi connectivity index (χ0n) is 10.3. The van der Waals surface area contributed by atoms with Crippen molar-refractivity contribution in [2.75, 3.05) is 13.1 Å². The Morgan fingerprint density at radius 3 is 2.21 bits per heavy atom.